The van der Waals surface area contributed by atoms with Gasteiger partial charge in [0.05, 0.1) is 18.8 Å². The van der Waals surface area contributed by atoms with Crippen LogP contribution in [0.5, 0.6) is 0 Å². The fourth-order valence-electron chi connectivity index (χ4n) is 2.33. The minimum atomic E-state index is 0.0507. The lowest BCUT2D eigenvalue weighted by atomic mass is 10.1. The zero-order valence-corrected chi connectivity index (χ0v) is 9.97. The summed E-state index contributed by atoms with van der Waals surface area (Å²) in [7, 11) is 2.01. The molecule has 5 nitrogen and oxygen atoms in total. The SMILES string of the molecule is CCN1CCO[C@@H](CN)[C@@H]1c1nccn1C. The van der Waals surface area contributed by atoms with Crippen molar-refractivity contribution < 1.29 is 4.74 Å². The number of nitrogens with zero attached hydrogens (tertiary/aromatic N) is 3. The van der Waals surface area contributed by atoms with Gasteiger partial charge in [0.2, 0.25) is 0 Å². The molecular weight excluding hydrogens is 204 g/mol. The van der Waals surface area contributed by atoms with Gasteiger partial charge in [-0.25, -0.2) is 4.98 Å². The van der Waals surface area contributed by atoms with E-state index in [1.54, 1.807) is 0 Å². The number of aryl methyl sites for hydroxylation is 1. The van der Waals surface area contributed by atoms with Crippen LogP contribution < -0.4 is 5.73 Å². The van der Waals surface area contributed by atoms with Gasteiger partial charge >= 0.3 is 0 Å². The third-order valence-corrected chi connectivity index (χ3v) is 3.22. The Morgan fingerprint density at radius 3 is 3.00 bits per heavy atom. The molecule has 1 saturated heterocycles. The van der Waals surface area contributed by atoms with E-state index in [2.05, 4.69) is 16.8 Å². The summed E-state index contributed by atoms with van der Waals surface area (Å²) >= 11 is 0. The van der Waals surface area contributed by atoms with Crippen molar-refractivity contribution in [3.8, 4) is 0 Å². The molecule has 16 heavy (non-hydrogen) atoms. The lowest BCUT2D eigenvalue weighted by Crippen LogP contribution is -2.48. The number of ether oxygens (including phenoxy) is 1. The highest BCUT2D eigenvalue weighted by Crippen LogP contribution is 2.27. The molecule has 0 aromatic carbocycles. The first kappa shape index (κ1) is 11.6. The third-order valence-electron chi connectivity index (χ3n) is 3.22. The average molecular weight is 224 g/mol. The highest BCUT2D eigenvalue weighted by Gasteiger charge is 2.34. The van der Waals surface area contributed by atoms with E-state index in [-0.39, 0.29) is 12.1 Å². The fraction of sp³-hybridized carbons (Fsp3) is 0.727. The Kier molecular flexibility index (Phi) is 3.58. The molecule has 90 valence electrons. The second-order valence-corrected chi connectivity index (χ2v) is 4.11. The standard InChI is InChI=1S/C11H20N4O/c1-3-15-6-7-16-9(8-12)10(15)11-13-4-5-14(11)2/h4-5,9-10H,3,6-8,12H2,1-2H3/t9-,10+/m0/s1. The molecule has 2 rings (SSSR count). The molecule has 0 unspecified atom stereocenters. The summed E-state index contributed by atoms with van der Waals surface area (Å²) < 4.78 is 7.78. The third kappa shape index (κ3) is 1.98. The molecular formula is C11H20N4O. The Labute approximate surface area is 96.2 Å². The summed E-state index contributed by atoms with van der Waals surface area (Å²) in [5, 5.41) is 0. The summed E-state index contributed by atoms with van der Waals surface area (Å²) in [6.07, 6.45) is 3.84. The van der Waals surface area contributed by atoms with Gasteiger partial charge < -0.3 is 15.0 Å². The van der Waals surface area contributed by atoms with Crippen molar-refractivity contribution in [2.45, 2.75) is 19.1 Å². The molecule has 2 heterocycles. The van der Waals surface area contributed by atoms with Crippen LogP contribution in [0.25, 0.3) is 0 Å². The first-order valence-corrected chi connectivity index (χ1v) is 5.80. The van der Waals surface area contributed by atoms with E-state index >= 15 is 0 Å². The molecule has 1 aliphatic rings. The van der Waals surface area contributed by atoms with Crippen LogP contribution in [0.4, 0.5) is 0 Å². The van der Waals surface area contributed by atoms with E-state index < -0.39 is 0 Å². The van der Waals surface area contributed by atoms with Gasteiger partial charge in [-0.2, -0.15) is 0 Å². The van der Waals surface area contributed by atoms with Crippen LogP contribution >= 0.6 is 0 Å². The van der Waals surface area contributed by atoms with E-state index in [1.165, 1.54) is 0 Å². The molecule has 0 bridgehead atoms. The Morgan fingerprint density at radius 1 is 1.62 bits per heavy atom. The van der Waals surface area contributed by atoms with Gasteiger partial charge in [-0.3, -0.25) is 4.90 Å². The van der Waals surface area contributed by atoms with E-state index in [4.69, 9.17) is 10.5 Å². The summed E-state index contributed by atoms with van der Waals surface area (Å²) in [5.74, 6) is 1.04. The van der Waals surface area contributed by atoms with E-state index in [0.29, 0.717) is 6.54 Å². The first-order valence-electron chi connectivity index (χ1n) is 5.80. The summed E-state index contributed by atoms with van der Waals surface area (Å²) in [5.41, 5.74) is 5.78. The molecule has 0 saturated carbocycles. The van der Waals surface area contributed by atoms with Gasteiger partial charge in [0.25, 0.3) is 0 Å². The van der Waals surface area contributed by atoms with E-state index in [0.717, 1.165) is 25.5 Å². The number of rotatable bonds is 3. The van der Waals surface area contributed by atoms with Crippen molar-refractivity contribution in [2.24, 2.45) is 12.8 Å². The minimum absolute atomic E-state index is 0.0507. The van der Waals surface area contributed by atoms with Gasteiger partial charge in [0.1, 0.15) is 5.82 Å². The van der Waals surface area contributed by atoms with Crippen LogP contribution in [-0.4, -0.2) is 46.8 Å². The lowest BCUT2D eigenvalue weighted by Gasteiger charge is -2.39. The largest absolute Gasteiger partial charge is 0.373 e. The van der Waals surface area contributed by atoms with Crippen LogP contribution in [0.1, 0.15) is 18.8 Å². The van der Waals surface area contributed by atoms with Gasteiger partial charge in [-0.15, -0.1) is 0 Å². The number of likely N-dealkylation sites (N-methyl/N-ethyl adjacent to an activating group) is 1. The van der Waals surface area contributed by atoms with E-state index in [9.17, 15) is 0 Å². The molecule has 0 spiro atoms. The smallest absolute Gasteiger partial charge is 0.128 e. The summed E-state index contributed by atoms with van der Waals surface area (Å²) in [6.45, 7) is 5.40. The normalized spacial score (nSPS) is 27.2. The summed E-state index contributed by atoms with van der Waals surface area (Å²) in [4.78, 5) is 6.80. The maximum absolute atomic E-state index is 5.78. The number of hydrogen-bond acceptors (Lipinski definition) is 4. The van der Waals surface area contributed by atoms with Crippen molar-refractivity contribution in [3.05, 3.63) is 18.2 Å². The maximum atomic E-state index is 5.78. The topological polar surface area (TPSA) is 56.3 Å². The van der Waals surface area contributed by atoms with Crippen LogP contribution in [0.3, 0.4) is 0 Å². The molecule has 2 N–H and O–H groups in total. The molecule has 1 fully saturated rings. The molecule has 5 heteroatoms. The minimum Gasteiger partial charge on any atom is -0.373 e. The van der Waals surface area contributed by atoms with Crippen molar-refractivity contribution in [3.63, 3.8) is 0 Å². The molecule has 1 aromatic heterocycles. The van der Waals surface area contributed by atoms with Crippen LogP contribution in [0, 0.1) is 0 Å². The number of aromatic nitrogens is 2. The first-order chi connectivity index (χ1) is 7.77. The molecule has 2 atom stereocenters. The van der Waals surface area contributed by atoms with Crippen molar-refractivity contribution in [2.75, 3.05) is 26.2 Å². The van der Waals surface area contributed by atoms with Crippen LogP contribution in [0.15, 0.2) is 12.4 Å². The highest BCUT2D eigenvalue weighted by molar-refractivity contribution is 5.04. The molecule has 1 aromatic rings. The van der Waals surface area contributed by atoms with Crippen molar-refractivity contribution >= 4 is 0 Å². The molecule has 0 aliphatic carbocycles. The quantitative estimate of drug-likeness (QED) is 0.793. The van der Waals surface area contributed by atoms with Gasteiger partial charge in [0.15, 0.2) is 0 Å². The lowest BCUT2D eigenvalue weighted by molar-refractivity contribution is -0.0694. The van der Waals surface area contributed by atoms with Gasteiger partial charge in [-0.1, -0.05) is 6.92 Å². The van der Waals surface area contributed by atoms with Crippen LogP contribution in [-0.2, 0) is 11.8 Å². The predicted molar refractivity (Wildman–Crippen MR) is 62.0 cm³/mol. The number of nitrogens with two attached hydrogens (primary N) is 1. The second-order valence-electron chi connectivity index (χ2n) is 4.11. The number of hydrogen-bond donors (Lipinski definition) is 1. The van der Waals surface area contributed by atoms with Gasteiger partial charge in [-0.05, 0) is 6.54 Å². The van der Waals surface area contributed by atoms with Crippen molar-refractivity contribution in [1.82, 2.24) is 14.5 Å². The van der Waals surface area contributed by atoms with Crippen molar-refractivity contribution in [1.29, 1.82) is 0 Å². The zero-order chi connectivity index (χ0) is 11.5. The number of morpholine rings is 1. The molecule has 0 amide bonds. The highest BCUT2D eigenvalue weighted by atomic mass is 16.5. The number of imidazole rings is 1. The van der Waals surface area contributed by atoms with Crippen LogP contribution in [0.2, 0.25) is 0 Å². The Bertz CT molecular complexity index is 326. The predicted octanol–water partition coefficient (Wildman–Crippen LogP) is 0.141. The zero-order valence-electron chi connectivity index (χ0n) is 9.97. The summed E-state index contributed by atoms with van der Waals surface area (Å²) in [6, 6.07) is 0.184. The monoisotopic (exact) mass is 224 g/mol. The molecule has 0 radical (unpaired) electrons. The Morgan fingerprint density at radius 2 is 2.44 bits per heavy atom. The van der Waals surface area contributed by atoms with Gasteiger partial charge in [0, 0.05) is 32.5 Å². The fourth-order valence-corrected chi connectivity index (χ4v) is 2.33. The Balaban J connectivity index is 2.28. The van der Waals surface area contributed by atoms with E-state index in [1.807, 2.05) is 24.0 Å². The molecule has 1 aliphatic heterocycles. The average Bonchev–Trinajstić information content (AvgIpc) is 2.74. The maximum Gasteiger partial charge on any atom is 0.128 e. The Hall–Kier alpha value is -0.910. The second kappa shape index (κ2) is 4.95.